The minimum atomic E-state index is -0.880. The third kappa shape index (κ3) is 4.82. The van der Waals surface area contributed by atoms with E-state index in [1.54, 1.807) is 18.2 Å². The van der Waals surface area contributed by atoms with Gasteiger partial charge in [0.25, 0.3) is 0 Å². The second-order valence-electron chi connectivity index (χ2n) is 5.82. The largest absolute Gasteiger partial charge is 0.493 e. The molecule has 0 fully saturated rings. The Balaban J connectivity index is 2.10. The summed E-state index contributed by atoms with van der Waals surface area (Å²) in [7, 11) is 2.98. The highest BCUT2D eigenvalue weighted by Gasteiger charge is 2.18. The van der Waals surface area contributed by atoms with E-state index in [1.165, 1.54) is 38.8 Å². The fourth-order valence-electron chi connectivity index (χ4n) is 2.49. The van der Waals surface area contributed by atoms with Crippen LogP contribution in [-0.2, 0) is 4.74 Å². The molecule has 0 atom stereocenters. The lowest BCUT2D eigenvalue weighted by Crippen LogP contribution is -2.08. The number of nitrogens with zero attached hydrogens (tertiary/aromatic N) is 1. The molecule has 0 spiro atoms. The van der Waals surface area contributed by atoms with Gasteiger partial charge in [0.15, 0.2) is 16.9 Å². The van der Waals surface area contributed by atoms with Gasteiger partial charge in [-0.3, -0.25) is 9.78 Å². The summed E-state index contributed by atoms with van der Waals surface area (Å²) in [4.78, 5) is 28.0. The molecule has 7 nitrogen and oxygen atoms in total. The maximum Gasteiger partial charge on any atom is 0.379 e. The summed E-state index contributed by atoms with van der Waals surface area (Å²) in [5.41, 5.74) is 0.453. The first kappa shape index (κ1) is 21.4. The smallest absolute Gasteiger partial charge is 0.379 e. The van der Waals surface area contributed by atoms with Crippen molar-refractivity contribution < 1.29 is 23.4 Å². The average molecular weight is 448 g/mol. The first-order valence-electron chi connectivity index (χ1n) is 8.47. The van der Waals surface area contributed by atoms with Crippen molar-refractivity contribution in [2.45, 2.75) is 0 Å². The molecule has 0 amide bonds. The van der Waals surface area contributed by atoms with Crippen LogP contribution >= 0.6 is 23.2 Å². The number of ether oxygens (including phenoxy) is 3. The molecule has 0 aliphatic heterocycles. The van der Waals surface area contributed by atoms with Crippen molar-refractivity contribution in [2.75, 3.05) is 14.2 Å². The van der Waals surface area contributed by atoms with Gasteiger partial charge in [-0.05, 0) is 24.3 Å². The molecule has 0 saturated carbocycles. The Morgan fingerprint density at radius 3 is 2.37 bits per heavy atom. The monoisotopic (exact) mass is 447 g/mol. The number of methoxy groups -OCH3 is 2. The minimum Gasteiger partial charge on any atom is -0.493 e. The summed E-state index contributed by atoms with van der Waals surface area (Å²) in [6.45, 7) is 0. The number of rotatable bonds is 6. The van der Waals surface area contributed by atoms with Gasteiger partial charge in [-0.2, -0.15) is 0 Å². The standard InChI is InChI=1S/C21H15Cl2NO6/c1-27-17-4-3-12(7-19(17)28-2)18(9-14-15(22)10-24-11-16(14)23)30-21(26)20-8-13(25)5-6-29-20/h3-11H,1-2H3. The third-order valence-electron chi connectivity index (χ3n) is 3.94. The molecule has 3 aromatic rings. The Bertz CT molecular complexity index is 1150. The van der Waals surface area contributed by atoms with Crippen LogP contribution in [0.1, 0.15) is 21.7 Å². The molecule has 3 rings (SSSR count). The number of benzene rings is 1. The zero-order valence-electron chi connectivity index (χ0n) is 15.8. The fraction of sp³-hybridized carbons (Fsp3) is 0.0952. The molecule has 1 aromatic carbocycles. The SMILES string of the molecule is COc1ccc(C(=Cc2c(Cl)cncc2Cl)OC(=O)c2cc(=O)cco2)cc1OC. The molecule has 154 valence electrons. The lowest BCUT2D eigenvalue weighted by molar-refractivity contribution is 0.0656. The topological polar surface area (TPSA) is 87.9 Å². The fourth-order valence-corrected chi connectivity index (χ4v) is 2.97. The van der Waals surface area contributed by atoms with E-state index >= 15 is 0 Å². The van der Waals surface area contributed by atoms with Gasteiger partial charge in [-0.15, -0.1) is 0 Å². The van der Waals surface area contributed by atoms with Gasteiger partial charge in [0.2, 0.25) is 5.76 Å². The summed E-state index contributed by atoms with van der Waals surface area (Å²) in [6.07, 6.45) is 5.40. The summed E-state index contributed by atoms with van der Waals surface area (Å²) in [5.74, 6) is -0.158. The van der Waals surface area contributed by atoms with Crippen LogP contribution in [0, 0.1) is 0 Å². The molecule has 0 unspecified atom stereocenters. The van der Waals surface area contributed by atoms with E-state index in [1.807, 2.05) is 0 Å². The Kier molecular flexibility index (Phi) is 6.76. The second kappa shape index (κ2) is 9.47. The quantitative estimate of drug-likeness (QED) is 0.399. The molecule has 0 bridgehead atoms. The molecule has 2 heterocycles. The van der Waals surface area contributed by atoms with Crippen LogP contribution in [-0.4, -0.2) is 25.2 Å². The van der Waals surface area contributed by atoms with E-state index in [-0.39, 0.29) is 21.6 Å². The van der Waals surface area contributed by atoms with Crippen molar-refractivity contribution in [2.24, 2.45) is 0 Å². The number of hydrogen-bond acceptors (Lipinski definition) is 7. The number of aromatic nitrogens is 1. The van der Waals surface area contributed by atoms with Crippen molar-refractivity contribution in [1.29, 1.82) is 0 Å². The number of halogens is 2. The van der Waals surface area contributed by atoms with E-state index < -0.39 is 11.4 Å². The minimum absolute atomic E-state index is 0.0856. The van der Waals surface area contributed by atoms with Crippen molar-refractivity contribution in [1.82, 2.24) is 4.98 Å². The molecule has 0 N–H and O–H groups in total. The van der Waals surface area contributed by atoms with Gasteiger partial charge in [-0.1, -0.05) is 23.2 Å². The lowest BCUT2D eigenvalue weighted by Gasteiger charge is -2.13. The van der Waals surface area contributed by atoms with Crippen LogP contribution in [0.25, 0.3) is 11.8 Å². The van der Waals surface area contributed by atoms with Gasteiger partial charge >= 0.3 is 5.97 Å². The van der Waals surface area contributed by atoms with Crippen LogP contribution in [0.5, 0.6) is 11.5 Å². The van der Waals surface area contributed by atoms with E-state index in [4.69, 9.17) is 41.8 Å². The lowest BCUT2D eigenvalue weighted by atomic mass is 10.1. The molecule has 0 radical (unpaired) electrons. The molecule has 30 heavy (non-hydrogen) atoms. The Labute approximate surface area is 181 Å². The molecule has 0 aliphatic carbocycles. The Morgan fingerprint density at radius 1 is 1.03 bits per heavy atom. The molecule has 0 saturated heterocycles. The molecule has 9 heteroatoms. The molecular weight excluding hydrogens is 433 g/mol. The number of hydrogen-bond donors (Lipinski definition) is 0. The first-order valence-corrected chi connectivity index (χ1v) is 9.22. The second-order valence-corrected chi connectivity index (χ2v) is 6.63. The van der Waals surface area contributed by atoms with Crippen LogP contribution < -0.4 is 14.9 Å². The number of carbonyl (C=O) groups excluding carboxylic acids is 1. The van der Waals surface area contributed by atoms with Gasteiger partial charge in [0.05, 0.1) is 30.5 Å². The summed E-state index contributed by atoms with van der Waals surface area (Å²) >= 11 is 12.4. The zero-order chi connectivity index (χ0) is 21.7. The van der Waals surface area contributed by atoms with Crippen molar-refractivity contribution in [3.63, 3.8) is 0 Å². The molecular formula is C21H15Cl2NO6. The van der Waals surface area contributed by atoms with E-state index in [0.29, 0.717) is 22.6 Å². The predicted molar refractivity (Wildman–Crippen MR) is 112 cm³/mol. The van der Waals surface area contributed by atoms with Gasteiger partial charge in [-0.25, -0.2) is 4.79 Å². The summed E-state index contributed by atoms with van der Waals surface area (Å²) in [5, 5.41) is 0.505. The van der Waals surface area contributed by atoms with Crippen molar-refractivity contribution in [3.05, 3.63) is 86.1 Å². The average Bonchev–Trinajstić information content (AvgIpc) is 2.75. The highest BCUT2D eigenvalue weighted by atomic mass is 35.5. The highest BCUT2D eigenvalue weighted by molar-refractivity contribution is 6.37. The normalized spacial score (nSPS) is 11.1. The Hall–Kier alpha value is -3.29. The number of esters is 1. The zero-order valence-corrected chi connectivity index (χ0v) is 17.4. The molecule has 2 aromatic heterocycles. The third-order valence-corrected chi connectivity index (χ3v) is 4.54. The van der Waals surface area contributed by atoms with Crippen LogP contribution in [0.3, 0.4) is 0 Å². The van der Waals surface area contributed by atoms with E-state index in [2.05, 4.69) is 4.98 Å². The van der Waals surface area contributed by atoms with Crippen molar-refractivity contribution in [3.8, 4) is 11.5 Å². The number of pyridine rings is 1. The van der Waals surface area contributed by atoms with Crippen LogP contribution in [0.15, 0.2) is 58.2 Å². The van der Waals surface area contributed by atoms with E-state index in [0.717, 1.165) is 12.3 Å². The highest BCUT2D eigenvalue weighted by Crippen LogP contribution is 2.34. The van der Waals surface area contributed by atoms with E-state index in [9.17, 15) is 9.59 Å². The van der Waals surface area contributed by atoms with Gasteiger partial charge in [0.1, 0.15) is 5.76 Å². The van der Waals surface area contributed by atoms with Crippen molar-refractivity contribution >= 4 is 41.0 Å². The first-order chi connectivity index (χ1) is 14.4. The summed E-state index contributed by atoms with van der Waals surface area (Å²) < 4.78 is 21.2. The van der Waals surface area contributed by atoms with Gasteiger partial charge in [0, 0.05) is 35.7 Å². The van der Waals surface area contributed by atoms with Crippen LogP contribution in [0.4, 0.5) is 0 Å². The number of carbonyl (C=O) groups is 1. The predicted octanol–water partition coefficient (Wildman–Crippen LogP) is 4.71. The Morgan fingerprint density at radius 2 is 1.73 bits per heavy atom. The maximum absolute atomic E-state index is 12.6. The summed E-state index contributed by atoms with van der Waals surface area (Å²) in [6, 6.07) is 7.13. The van der Waals surface area contributed by atoms with Gasteiger partial charge < -0.3 is 18.6 Å². The van der Waals surface area contributed by atoms with Crippen LogP contribution in [0.2, 0.25) is 10.0 Å². The maximum atomic E-state index is 12.6. The molecule has 0 aliphatic rings.